The molecule has 3 rings (SSSR count). The summed E-state index contributed by atoms with van der Waals surface area (Å²) < 4.78 is 5.28. The number of likely N-dealkylation sites (tertiary alicyclic amines) is 1. The summed E-state index contributed by atoms with van der Waals surface area (Å²) in [5.74, 6) is 0.913. The van der Waals surface area contributed by atoms with E-state index in [9.17, 15) is 4.79 Å². The number of nitrogens with zero attached hydrogens (tertiary/aromatic N) is 2. The van der Waals surface area contributed by atoms with Crippen LogP contribution in [0.1, 0.15) is 23.2 Å². The molecule has 4 nitrogen and oxygen atoms in total. The highest BCUT2D eigenvalue weighted by molar-refractivity contribution is 5.94. The van der Waals surface area contributed by atoms with Crippen molar-refractivity contribution in [2.24, 2.45) is 0 Å². The van der Waals surface area contributed by atoms with Crippen LogP contribution >= 0.6 is 0 Å². The lowest BCUT2D eigenvalue weighted by Crippen LogP contribution is -2.39. The first kappa shape index (κ1) is 17.5. The molecule has 4 heteroatoms. The molecule has 1 saturated heterocycles. The van der Waals surface area contributed by atoms with Crippen LogP contribution in [0.4, 0.5) is 0 Å². The van der Waals surface area contributed by atoms with Crippen LogP contribution in [0.25, 0.3) is 11.1 Å². The Bertz CT molecular complexity index is 727. The summed E-state index contributed by atoms with van der Waals surface area (Å²) in [5.41, 5.74) is 2.89. The second-order valence-electron chi connectivity index (χ2n) is 6.77. The van der Waals surface area contributed by atoms with Gasteiger partial charge < -0.3 is 14.5 Å². The fourth-order valence-electron chi connectivity index (χ4n) is 3.44. The van der Waals surface area contributed by atoms with Gasteiger partial charge in [0.25, 0.3) is 5.91 Å². The molecule has 1 atom stereocenters. The van der Waals surface area contributed by atoms with Crippen LogP contribution in [-0.4, -0.2) is 56.0 Å². The Kier molecular flexibility index (Phi) is 5.39. The topological polar surface area (TPSA) is 32.8 Å². The molecule has 0 unspecified atom stereocenters. The number of methoxy groups -OCH3 is 1. The largest absolute Gasteiger partial charge is 0.497 e. The molecule has 0 N–H and O–H groups in total. The van der Waals surface area contributed by atoms with Crippen LogP contribution in [0, 0.1) is 0 Å². The number of rotatable bonds is 5. The molecule has 1 fully saturated rings. The Morgan fingerprint density at radius 1 is 1.20 bits per heavy atom. The van der Waals surface area contributed by atoms with E-state index in [1.807, 2.05) is 60.5 Å². The highest BCUT2D eigenvalue weighted by Crippen LogP contribution is 2.24. The van der Waals surface area contributed by atoms with Crippen LogP contribution in [0.3, 0.4) is 0 Å². The number of ether oxygens (including phenoxy) is 1. The van der Waals surface area contributed by atoms with Crippen molar-refractivity contribution < 1.29 is 9.53 Å². The molecule has 25 heavy (non-hydrogen) atoms. The maximum absolute atomic E-state index is 12.7. The number of hydrogen-bond donors (Lipinski definition) is 0. The average Bonchev–Trinajstić information content (AvgIpc) is 3.06. The van der Waals surface area contributed by atoms with Crippen LogP contribution in [0.15, 0.2) is 48.5 Å². The molecule has 0 spiro atoms. The summed E-state index contributed by atoms with van der Waals surface area (Å²) in [7, 11) is 5.70. The van der Waals surface area contributed by atoms with E-state index in [1.54, 1.807) is 7.11 Å². The number of benzene rings is 2. The highest BCUT2D eigenvalue weighted by Gasteiger charge is 2.24. The van der Waals surface area contributed by atoms with E-state index in [4.69, 9.17) is 4.74 Å². The molecule has 0 saturated carbocycles. The molecule has 0 radical (unpaired) electrons. The lowest BCUT2D eigenvalue weighted by Gasteiger charge is -2.26. The van der Waals surface area contributed by atoms with E-state index in [-0.39, 0.29) is 5.91 Å². The Hall–Kier alpha value is -2.33. The van der Waals surface area contributed by atoms with Crippen molar-refractivity contribution in [3.05, 3.63) is 54.1 Å². The van der Waals surface area contributed by atoms with Gasteiger partial charge in [-0.1, -0.05) is 24.3 Å². The van der Waals surface area contributed by atoms with Gasteiger partial charge in [-0.3, -0.25) is 4.79 Å². The summed E-state index contributed by atoms with van der Waals surface area (Å²) in [6.07, 6.45) is 2.39. The molecule has 1 amide bonds. The number of hydrogen-bond acceptors (Lipinski definition) is 3. The molecular formula is C21H26N2O2. The predicted molar refractivity (Wildman–Crippen MR) is 101 cm³/mol. The quantitative estimate of drug-likeness (QED) is 0.836. The maximum Gasteiger partial charge on any atom is 0.253 e. The number of carbonyl (C=O) groups is 1. The summed E-state index contributed by atoms with van der Waals surface area (Å²) >= 11 is 0. The van der Waals surface area contributed by atoms with Crippen LogP contribution in [-0.2, 0) is 0 Å². The zero-order valence-corrected chi connectivity index (χ0v) is 15.2. The zero-order valence-electron chi connectivity index (χ0n) is 15.2. The zero-order chi connectivity index (χ0) is 17.8. The van der Waals surface area contributed by atoms with E-state index in [0.717, 1.165) is 35.5 Å². The van der Waals surface area contributed by atoms with Gasteiger partial charge in [0.1, 0.15) is 5.75 Å². The van der Waals surface area contributed by atoms with Gasteiger partial charge in [0, 0.05) is 25.2 Å². The second-order valence-corrected chi connectivity index (χ2v) is 6.77. The first-order chi connectivity index (χ1) is 12.1. The highest BCUT2D eigenvalue weighted by atomic mass is 16.5. The number of carbonyl (C=O) groups excluding carboxylic acids is 1. The van der Waals surface area contributed by atoms with E-state index < -0.39 is 0 Å². The average molecular weight is 338 g/mol. The van der Waals surface area contributed by atoms with Crippen LogP contribution in [0.5, 0.6) is 5.75 Å². The molecule has 2 aromatic carbocycles. The van der Waals surface area contributed by atoms with Gasteiger partial charge in [0.2, 0.25) is 0 Å². The van der Waals surface area contributed by atoms with E-state index in [2.05, 4.69) is 11.9 Å². The van der Waals surface area contributed by atoms with Gasteiger partial charge in [0.15, 0.2) is 0 Å². The van der Waals surface area contributed by atoms with E-state index in [1.165, 1.54) is 12.8 Å². The molecular weight excluding hydrogens is 312 g/mol. The lowest BCUT2D eigenvalue weighted by molar-refractivity contribution is 0.0761. The molecule has 1 aliphatic rings. The van der Waals surface area contributed by atoms with Crippen molar-refractivity contribution in [1.82, 2.24) is 9.80 Å². The van der Waals surface area contributed by atoms with E-state index >= 15 is 0 Å². The smallest absolute Gasteiger partial charge is 0.253 e. The molecule has 132 valence electrons. The normalized spacial score (nSPS) is 17.5. The van der Waals surface area contributed by atoms with Gasteiger partial charge in [-0.05, 0) is 61.8 Å². The minimum Gasteiger partial charge on any atom is -0.497 e. The van der Waals surface area contributed by atoms with Crippen molar-refractivity contribution in [1.29, 1.82) is 0 Å². The van der Waals surface area contributed by atoms with Crippen molar-refractivity contribution in [3.8, 4) is 16.9 Å². The monoisotopic (exact) mass is 338 g/mol. The maximum atomic E-state index is 12.7. The Labute approximate surface area is 150 Å². The van der Waals surface area contributed by atoms with Crippen molar-refractivity contribution in [3.63, 3.8) is 0 Å². The minimum atomic E-state index is 0.0810. The molecule has 0 aliphatic carbocycles. The predicted octanol–water partition coefficient (Wildman–Crippen LogP) is 3.53. The molecule has 2 aromatic rings. The number of likely N-dealkylation sites (N-methyl/N-ethyl adjacent to an activating group) is 2. The third-order valence-electron chi connectivity index (χ3n) is 5.04. The van der Waals surface area contributed by atoms with Crippen molar-refractivity contribution in [2.75, 3.05) is 34.3 Å². The van der Waals surface area contributed by atoms with Crippen LogP contribution < -0.4 is 4.74 Å². The Balaban J connectivity index is 1.69. The summed E-state index contributed by atoms with van der Waals surface area (Å²) in [5, 5.41) is 0. The van der Waals surface area contributed by atoms with Gasteiger partial charge in [-0.15, -0.1) is 0 Å². The molecule has 1 heterocycles. The summed E-state index contributed by atoms with van der Waals surface area (Å²) in [6, 6.07) is 16.2. The Morgan fingerprint density at radius 3 is 2.60 bits per heavy atom. The lowest BCUT2D eigenvalue weighted by atomic mass is 10.0. The third kappa shape index (κ3) is 4.02. The summed E-state index contributed by atoms with van der Waals surface area (Å²) in [6.45, 7) is 1.91. The fraction of sp³-hybridized carbons (Fsp3) is 0.381. The van der Waals surface area contributed by atoms with E-state index in [0.29, 0.717) is 6.04 Å². The molecule has 0 aromatic heterocycles. The van der Waals surface area contributed by atoms with Crippen LogP contribution in [0.2, 0.25) is 0 Å². The van der Waals surface area contributed by atoms with Crippen molar-refractivity contribution in [2.45, 2.75) is 18.9 Å². The molecule has 1 aliphatic heterocycles. The third-order valence-corrected chi connectivity index (χ3v) is 5.04. The van der Waals surface area contributed by atoms with Gasteiger partial charge in [0.05, 0.1) is 7.11 Å². The molecule has 0 bridgehead atoms. The minimum absolute atomic E-state index is 0.0810. The first-order valence-corrected chi connectivity index (χ1v) is 8.78. The second kappa shape index (κ2) is 7.70. The number of amides is 1. The SMILES string of the molecule is COc1cccc(-c2ccc(C(=O)N(C)C[C@H]3CCCN3C)cc2)c1. The first-order valence-electron chi connectivity index (χ1n) is 8.78. The van der Waals surface area contributed by atoms with Gasteiger partial charge in [-0.25, -0.2) is 0 Å². The standard InChI is InChI=1S/C21H26N2O2/c1-22-13-5-7-19(22)15-23(2)21(24)17-11-9-16(10-12-17)18-6-4-8-20(14-18)25-3/h4,6,8-12,14,19H,5,7,13,15H2,1-3H3/t19-/m1/s1. The van der Waals surface area contributed by atoms with Gasteiger partial charge in [-0.2, -0.15) is 0 Å². The summed E-state index contributed by atoms with van der Waals surface area (Å²) in [4.78, 5) is 16.9. The Morgan fingerprint density at radius 2 is 1.96 bits per heavy atom. The fourth-order valence-corrected chi connectivity index (χ4v) is 3.44. The van der Waals surface area contributed by atoms with Crippen molar-refractivity contribution >= 4 is 5.91 Å². The van der Waals surface area contributed by atoms with Gasteiger partial charge >= 0.3 is 0 Å².